The van der Waals surface area contributed by atoms with Gasteiger partial charge in [0.05, 0.1) is 17.9 Å². The highest BCUT2D eigenvalue weighted by Gasteiger charge is 2.28. The fraction of sp³-hybridized carbons (Fsp3) is 0.600. The van der Waals surface area contributed by atoms with Gasteiger partial charge in [0.1, 0.15) is 0 Å². The van der Waals surface area contributed by atoms with Crippen LogP contribution in [0.4, 0.5) is 5.82 Å². The van der Waals surface area contributed by atoms with Gasteiger partial charge < -0.3 is 20.1 Å². The van der Waals surface area contributed by atoms with Crippen molar-refractivity contribution < 1.29 is 4.79 Å². The summed E-state index contributed by atoms with van der Waals surface area (Å²) in [5.41, 5.74) is 2.74. The first-order valence-corrected chi connectivity index (χ1v) is 11.8. The predicted molar refractivity (Wildman–Crippen MR) is 125 cm³/mol. The van der Waals surface area contributed by atoms with E-state index in [1.54, 1.807) is 0 Å². The largest absolute Gasteiger partial charge is 0.328 e. The minimum atomic E-state index is -0.202. The monoisotopic (exact) mass is 423 g/mol. The molecule has 1 amide bonds. The number of nitrogens with zero attached hydrogens (tertiary/aromatic N) is 3. The highest BCUT2D eigenvalue weighted by atomic mass is 16.2. The Labute approximate surface area is 186 Å². The summed E-state index contributed by atoms with van der Waals surface area (Å²) in [6.07, 6.45) is 10.2. The highest BCUT2D eigenvalue weighted by molar-refractivity contribution is 5.94. The molecule has 2 aromatic rings. The molecule has 2 aliphatic rings. The fourth-order valence-electron chi connectivity index (χ4n) is 5.04. The van der Waals surface area contributed by atoms with Crippen LogP contribution in [0.3, 0.4) is 0 Å². The average molecular weight is 424 g/mol. The Morgan fingerprint density at radius 2 is 1.87 bits per heavy atom. The van der Waals surface area contributed by atoms with E-state index in [4.69, 9.17) is 0 Å². The van der Waals surface area contributed by atoms with E-state index < -0.39 is 0 Å². The summed E-state index contributed by atoms with van der Waals surface area (Å²) in [7, 11) is 0. The number of carbonyl (C=O) groups excluding carboxylic acids is 1. The molecule has 1 saturated heterocycles. The molecule has 2 N–H and O–H groups in total. The number of imidazole rings is 1. The van der Waals surface area contributed by atoms with E-state index in [-0.39, 0.29) is 17.5 Å². The fourth-order valence-corrected chi connectivity index (χ4v) is 5.04. The molecule has 168 valence electrons. The third-order valence-electron chi connectivity index (χ3n) is 6.72. The zero-order valence-corrected chi connectivity index (χ0v) is 19.2. The van der Waals surface area contributed by atoms with Crippen LogP contribution >= 0.6 is 0 Å². The smallest absolute Gasteiger partial charge is 0.242 e. The second kappa shape index (κ2) is 9.53. The van der Waals surface area contributed by atoms with Crippen molar-refractivity contribution >= 4 is 11.7 Å². The number of carbonyl (C=O) groups is 1. The lowest BCUT2D eigenvalue weighted by Crippen LogP contribution is -2.46. The normalized spacial score (nSPS) is 18.3. The zero-order chi connectivity index (χ0) is 21.8. The van der Waals surface area contributed by atoms with Crippen LogP contribution in [0.1, 0.15) is 57.6 Å². The van der Waals surface area contributed by atoms with E-state index in [2.05, 4.69) is 70.1 Å². The van der Waals surface area contributed by atoms with Crippen LogP contribution in [-0.2, 0) is 23.2 Å². The quantitative estimate of drug-likeness (QED) is 0.647. The van der Waals surface area contributed by atoms with E-state index in [0.29, 0.717) is 11.9 Å². The van der Waals surface area contributed by atoms with Crippen LogP contribution in [0.25, 0.3) is 0 Å². The molecule has 1 aliphatic heterocycles. The van der Waals surface area contributed by atoms with Gasteiger partial charge in [-0.2, -0.15) is 0 Å². The van der Waals surface area contributed by atoms with Gasteiger partial charge in [-0.05, 0) is 70.2 Å². The minimum absolute atomic E-state index is 0.0143. The number of nitrogens with one attached hydrogen (secondary N) is 2. The number of aromatic nitrogens is 2. The molecule has 2 heterocycles. The number of fused-ring (bicyclic) bond motifs is 1. The van der Waals surface area contributed by atoms with E-state index in [9.17, 15) is 4.79 Å². The maximum Gasteiger partial charge on any atom is 0.242 e. The molecule has 1 aliphatic carbocycles. The van der Waals surface area contributed by atoms with Crippen LogP contribution in [0.5, 0.6) is 0 Å². The van der Waals surface area contributed by atoms with Crippen LogP contribution in [0.2, 0.25) is 0 Å². The van der Waals surface area contributed by atoms with Crippen LogP contribution in [-0.4, -0.2) is 52.1 Å². The SMILES string of the molecule is CCC[C@H](NC1Cc2ccccc2C1)C(=O)Nc1cn(C(C)(C)CN2CCCC2)cn1. The van der Waals surface area contributed by atoms with Gasteiger partial charge in [0.25, 0.3) is 0 Å². The molecule has 6 heteroatoms. The van der Waals surface area contributed by atoms with Gasteiger partial charge in [0.2, 0.25) is 5.91 Å². The van der Waals surface area contributed by atoms with Gasteiger partial charge in [0.15, 0.2) is 5.82 Å². The molecule has 0 spiro atoms. The Kier molecular flexibility index (Phi) is 6.77. The number of hydrogen-bond acceptors (Lipinski definition) is 4. The summed E-state index contributed by atoms with van der Waals surface area (Å²) < 4.78 is 2.14. The molecule has 1 atom stereocenters. The zero-order valence-electron chi connectivity index (χ0n) is 19.2. The van der Waals surface area contributed by atoms with Gasteiger partial charge in [-0.3, -0.25) is 4.79 Å². The Balaban J connectivity index is 1.36. The molecular weight excluding hydrogens is 386 g/mol. The van der Waals surface area contributed by atoms with Crippen molar-refractivity contribution in [2.45, 2.75) is 76.9 Å². The number of amides is 1. The lowest BCUT2D eigenvalue weighted by Gasteiger charge is -2.31. The first-order valence-electron chi connectivity index (χ1n) is 11.8. The number of benzene rings is 1. The molecule has 0 saturated carbocycles. The van der Waals surface area contributed by atoms with E-state index in [1.807, 2.05) is 12.5 Å². The molecule has 1 aromatic heterocycles. The number of anilines is 1. The summed E-state index contributed by atoms with van der Waals surface area (Å²) in [6, 6.07) is 8.70. The number of hydrogen-bond donors (Lipinski definition) is 2. The van der Waals surface area contributed by atoms with Crippen molar-refractivity contribution in [2.24, 2.45) is 0 Å². The van der Waals surface area contributed by atoms with Crippen molar-refractivity contribution in [1.29, 1.82) is 0 Å². The minimum Gasteiger partial charge on any atom is -0.328 e. The van der Waals surface area contributed by atoms with E-state index >= 15 is 0 Å². The second-order valence-corrected chi connectivity index (χ2v) is 9.83. The maximum absolute atomic E-state index is 13.1. The Hall–Kier alpha value is -2.18. The topological polar surface area (TPSA) is 62.2 Å². The highest BCUT2D eigenvalue weighted by Crippen LogP contribution is 2.23. The Morgan fingerprint density at radius 3 is 2.52 bits per heavy atom. The van der Waals surface area contributed by atoms with Gasteiger partial charge in [-0.15, -0.1) is 0 Å². The molecule has 0 radical (unpaired) electrons. The summed E-state index contributed by atoms with van der Waals surface area (Å²) in [5, 5.41) is 6.68. The third-order valence-corrected chi connectivity index (χ3v) is 6.72. The van der Waals surface area contributed by atoms with Crippen molar-refractivity contribution in [3.63, 3.8) is 0 Å². The summed E-state index contributed by atoms with van der Waals surface area (Å²) >= 11 is 0. The van der Waals surface area contributed by atoms with E-state index in [1.165, 1.54) is 37.1 Å². The maximum atomic E-state index is 13.1. The molecule has 0 bridgehead atoms. The van der Waals surface area contributed by atoms with Crippen molar-refractivity contribution in [2.75, 3.05) is 25.0 Å². The molecule has 31 heavy (non-hydrogen) atoms. The first-order chi connectivity index (χ1) is 14.9. The van der Waals surface area contributed by atoms with Gasteiger partial charge >= 0.3 is 0 Å². The van der Waals surface area contributed by atoms with Gasteiger partial charge in [-0.25, -0.2) is 4.98 Å². The van der Waals surface area contributed by atoms with E-state index in [0.717, 1.165) is 32.2 Å². The first kappa shape index (κ1) is 22.0. The Bertz CT molecular complexity index is 859. The van der Waals surface area contributed by atoms with Crippen molar-refractivity contribution in [3.05, 3.63) is 47.9 Å². The molecule has 1 fully saturated rings. The van der Waals surface area contributed by atoms with Crippen LogP contribution < -0.4 is 10.6 Å². The van der Waals surface area contributed by atoms with Gasteiger partial charge in [-0.1, -0.05) is 37.6 Å². The lowest BCUT2D eigenvalue weighted by molar-refractivity contribution is -0.118. The number of rotatable bonds is 9. The van der Waals surface area contributed by atoms with Crippen molar-refractivity contribution in [1.82, 2.24) is 19.8 Å². The van der Waals surface area contributed by atoms with Crippen molar-refractivity contribution in [3.8, 4) is 0 Å². The molecule has 1 aromatic carbocycles. The summed E-state index contributed by atoms with van der Waals surface area (Å²) in [5.74, 6) is 0.650. The number of likely N-dealkylation sites (tertiary alicyclic amines) is 1. The predicted octanol–water partition coefficient (Wildman–Crippen LogP) is 3.58. The molecule has 6 nitrogen and oxygen atoms in total. The summed E-state index contributed by atoms with van der Waals surface area (Å²) in [4.78, 5) is 20.1. The second-order valence-electron chi connectivity index (χ2n) is 9.83. The third kappa shape index (κ3) is 5.36. The molecular formula is C25H37N5O. The molecule has 4 rings (SSSR count). The lowest BCUT2D eigenvalue weighted by atomic mass is 10.1. The molecule has 0 unspecified atom stereocenters. The average Bonchev–Trinajstić information content (AvgIpc) is 3.47. The van der Waals surface area contributed by atoms with Crippen LogP contribution in [0, 0.1) is 0 Å². The van der Waals surface area contributed by atoms with Gasteiger partial charge in [0, 0.05) is 18.8 Å². The standard InChI is InChI=1S/C25H37N5O/c1-4-9-22(27-21-14-19-10-5-6-11-20(19)15-21)24(31)28-23-16-30(18-26-23)25(2,3)17-29-12-7-8-13-29/h5-6,10-11,16,18,21-22,27H,4,7-9,12-15,17H2,1-3H3,(H,28,31)/t22-/m0/s1. The summed E-state index contributed by atoms with van der Waals surface area (Å²) in [6.45, 7) is 9.95. The Morgan fingerprint density at radius 1 is 1.19 bits per heavy atom. The van der Waals surface area contributed by atoms with Crippen LogP contribution in [0.15, 0.2) is 36.8 Å².